The number of hydrogen-bond acceptors (Lipinski definition) is 2. The molecule has 86 valence electrons. The molecule has 1 aromatic rings. The van der Waals surface area contributed by atoms with Gasteiger partial charge in [-0.1, -0.05) is 42.5 Å². The van der Waals surface area contributed by atoms with Crippen LogP contribution in [0.25, 0.3) is 0 Å². The van der Waals surface area contributed by atoms with Crippen LogP contribution in [0.3, 0.4) is 0 Å². The number of hydrogen-bond donors (Lipinski definition) is 0. The molecule has 0 radical (unpaired) electrons. The van der Waals surface area contributed by atoms with Crippen LogP contribution < -0.4 is 0 Å². The van der Waals surface area contributed by atoms with E-state index in [1.807, 2.05) is 0 Å². The zero-order chi connectivity index (χ0) is 11.4. The molecule has 0 spiro atoms. The van der Waals surface area contributed by atoms with E-state index in [4.69, 9.17) is 0 Å². The second-order valence-electron chi connectivity index (χ2n) is 4.58. The Balaban J connectivity index is 2.05. The van der Waals surface area contributed by atoms with Gasteiger partial charge in [-0.2, -0.15) is 0 Å². The Labute approximate surface area is 98.2 Å². The van der Waals surface area contributed by atoms with Crippen molar-refractivity contribution in [3.8, 4) is 0 Å². The summed E-state index contributed by atoms with van der Waals surface area (Å²) in [6.07, 6.45) is 4.50. The van der Waals surface area contributed by atoms with Gasteiger partial charge in [-0.3, -0.25) is 4.90 Å². The number of rotatable bonds is 4. The van der Waals surface area contributed by atoms with E-state index in [2.05, 4.69) is 66.4 Å². The largest absolute Gasteiger partial charge is 0.301 e. The van der Waals surface area contributed by atoms with Crippen molar-refractivity contribution in [2.45, 2.75) is 6.04 Å². The van der Waals surface area contributed by atoms with Gasteiger partial charge in [-0.05, 0) is 19.7 Å². The lowest BCUT2D eigenvalue weighted by molar-refractivity contribution is 0.214. The lowest BCUT2D eigenvalue weighted by atomic mass is 10.1. The fourth-order valence-corrected chi connectivity index (χ4v) is 2.16. The van der Waals surface area contributed by atoms with Crippen LogP contribution in [-0.4, -0.2) is 43.5 Å². The van der Waals surface area contributed by atoms with E-state index >= 15 is 0 Å². The van der Waals surface area contributed by atoms with Gasteiger partial charge in [0.05, 0.1) is 0 Å². The standard InChI is InChI=1S/C14H20N2/c1-15(2)14(12-16-10-6-7-11-16)13-8-4-3-5-9-13/h3-9,14H,10-12H2,1-2H3/t14-/m1/s1. The molecule has 0 aliphatic carbocycles. The topological polar surface area (TPSA) is 6.48 Å². The van der Waals surface area contributed by atoms with E-state index in [1.165, 1.54) is 5.56 Å². The van der Waals surface area contributed by atoms with Crippen molar-refractivity contribution in [1.29, 1.82) is 0 Å². The normalized spacial score (nSPS) is 18.2. The first kappa shape index (κ1) is 11.4. The number of benzene rings is 1. The molecule has 0 saturated heterocycles. The van der Waals surface area contributed by atoms with Crippen molar-refractivity contribution >= 4 is 0 Å². The maximum atomic E-state index is 2.47. The average Bonchev–Trinajstić information content (AvgIpc) is 2.79. The Morgan fingerprint density at radius 1 is 1.12 bits per heavy atom. The lowest BCUT2D eigenvalue weighted by Crippen LogP contribution is -2.33. The van der Waals surface area contributed by atoms with Gasteiger partial charge < -0.3 is 4.90 Å². The second-order valence-corrected chi connectivity index (χ2v) is 4.58. The van der Waals surface area contributed by atoms with Crippen molar-refractivity contribution in [1.82, 2.24) is 9.80 Å². The van der Waals surface area contributed by atoms with Crippen LogP contribution in [0.15, 0.2) is 42.5 Å². The molecule has 2 heteroatoms. The van der Waals surface area contributed by atoms with Crippen LogP contribution in [0.5, 0.6) is 0 Å². The molecule has 0 amide bonds. The molecule has 1 atom stereocenters. The summed E-state index contributed by atoms with van der Waals surface area (Å²) in [6, 6.07) is 11.2. The van der Waals surface area contributed by atoms with Crippen LogP contribution in [0.4, 0.5) is 0 Å². The van der Waals surface area contributed by atoms with Gasteiger partial charge in [0.15, 0.2) is 0 Å². The van der Waals surface area contributed by atoms with E-state index in [1.54, 1.807) is 0 Å². The molecule has 0 aromatic heterocycles. The van der Waals surface area contributed by atoms with Gasteiger partial charge in [-0.25, -0.2) is 0 Å². The molecule has 0 fully saturated rings. The maximum Gasteiger partial charge on any atom is 0.0469 e. The molecule has 2 rings (SSSR count). The van der Waals surface area contributed by atoms with Crippen LogP contribution in [0.2, 0.25) is 0 Å². The summed E-state index contributed by atoms with van der Waals surface area (Å²) in [5, 5.41) is 0. The Bertz CT molecular complexity index is 335. The van der Waals surface area contributed by atoms with Crippen molar-refractivity contribution in [2.24, 2.45) is 0 Å². The van der Waals surface area contributed by atoms with Crippen molar-refractivity contribution < 1.29 is 0 Å². The van der Waals surface area contributed by atoms with E-state index in [0.29, 0.717) is 6.04 Å². The molecule has 0 unspecified atom stereocenters. The van der Waals surface area contributed by atoms with E-state index < -0.39 is 0 Å². The summed E-state index contributed by atoms with van der Waals surface area (Å²) in [5.74, 6) is 0. The summed E-state index contributed by atoms with van der Waals surface area (Å²) < 4.78 is 0. The number of likely N-dealkylation sites (N-methyl/N-ethyl adjacent to an activating group) is 1. The van der Waals surface area contributed by atoms with Gasteiger partial charge in [0.1, 0.15) is 0 Å². The fourth-order valence-electron chi connectivity index (χ4n) is 2.16. The van der Waals surface area contributed by atoms with Crippen LogP contribution >= 0.6 is 0 Å². The van der Waals surface area contributed by atoms with Gasteiger partial charge in [0.2, 0.25) is 0 Å². The molecule has 1 heterocycles. The third-order valence-corrected chi connectivity index (χ3v) is 3.13. The van der Waals surface area contributed by atoms with Crippen molar-refractivity contribution in [3.05, 3.63) is 48.0 Å². The summed E-state index contributed by atoms with van der Waals surface area (Å²) in [4.78, 5) is 4.77. The first-order valence-corrected chi connectivity index (χ1v) is 5.86. The second kappa shape index (κ2) is 5.28. The third kappa shape index (κ3) is 2.71. The van der Waals surface area contributed by atoms with Gasteiger partial charge in [-0.15, -0.1) is 0 Å². The quantitative estimate of drug-likeness (QED) is 0.712. The summed E-state index contributed by atoms with van der Waals surface area (Å²) in [6.45, 7) is 3.29. The fraction of sp³-hybridized carbons (Fsp3) is 0.429. The smallest absolute Gasteiger partial charge is 0.0469 e. The van der Waals surface area contributed by atoms with Gasteiger partial charge in [0, 0.05) is 25.7 Å². The Morgan fingerprint density at radius 3 is 2.31 bits per heavy atom. The van der Waals surface area contributed by atoms with Crippen LogP contribution in [0.1, 0.15) is 11.6 Å². The highest BCUT2D eigenvalue weighted by molar-refractivity contribution is 5.19. The third-order valence-electron chi connectivity index (χ3n) is 3.13. The lowest BCUT2D eigenvalue weighted by Gasteiger charge is -2.29. The molecular formula is C14H20N2. The maximum absolute atomic E-state index is 2.47. The summed E-state index contributed by atoms with van der Waals surface area (Å²) >= 11 is 0. The van der Waals surface area contributed by atoms with Crippen LogP contribution in [0, 0.1) is 0 Å². The molecule has 2 nitrogen and oxygen atoms in total. The molecule has 16 heavy (non-hydrogen) atoms. The monoisotopic (exact) mass is 216 g/mol. The highest BCUT2D eigenvalue weighted by atomic mass is 15.2. The molecule has 0 bridgehead atoms. The first-order valence-electron chi connectivity index (χ1n) is 5.86. The predicted molar refractivity (Wildman–Crippen MR) is 68.5 cm³/mol. The highest BCUT2D eigenvalue weighted by Gasteiger charge is 2.18. The molecule has 1 aromatic carbocycles. The van der Waals surface area contributed by atoms with Crippen LogP contribution in [-0.2, 0) is 0 Å². The Morgan fingerprint density at radius 2 is 1.75 bits per heavy atom. The zero-order valence-corrected chi connectivity index (χ0v) is 10.1. The SMILES string of the molecule is CN(C)[C@H](CN1CC=CC1)c1ccccc1. The molecule has 1 aliphatic heterocycles. The summed E-state index contributed by atoms with van der Waals surface area (Å²) in [5.41, 5.74) is 1.40. The minimum atomic E-state index is 0.487. The molecular weight excluding hydrogens is 196 g/mol. The number of nitrogens with zero attached hydrogens (tertiary/aromatic N) is 2. The van der Waals surface area contributed by atoms with Gasteiger partial charge >= 0.3 is 0 Å². The van der Waals surface area contributed by atoms with Gasteiger partial charge in [0.25, 0.3) is 0 Å². The highest BCUT2D eigenvalue weighted by Crippen LogP contribution is 2.19. The van der Waals surface area contributed by atoms with Crippen molar-refractivity contribution in [2.75, 3.05) is 33.7 Å². The summed E-state index contributed by atoms with van der Waals surface area (Å²) in [7, 11) is 4.31. The zero-order valence-electron chi connectivity index (χ0n) is 10.1. The molecule has 0 N–H and O–H groups in total. The Kier molecular flexibility index (Phi) is 3.75. The van der Waals surface area contributed by atoms with E-state index in [0.717, 1.165) is 19.6 Å². The molecule has 1 aliphatic rings. The average molecular weight is 216 g/mol. The Hall–Kier alpha value is -1.12. The molecule has 0 saturated carbocycles. The predicted octanol–water partition coefficient (Wildman–Crippen LogP) is 2.16. The first-order chi connectivity index (χ1) is 7.77. The minimum Gasteiger partial charge on any atom is -0.301 e. The van der Waals surface area contributed by atoms with Crippen molar-refractivity contribution in [3.63, 3.8) is 0 Å². The van der Waals surface area contributed by atoms with E-state index in [9.17, 15) is 0 Å². The minimum absolute atomic E-state index is 0.487. The van der Waals surface area contributed by atoms with E-state index in [-0.39, 0.29) is 0 Å².